The van der Waals surface area contributed by atoms with Crippen molar-refractivity contribution >= 4 is 23.4 Å². The van der Waals surface area contributed by atoms with Crippen molar-refractivity contribution in [3.05, 3.63) is 28.8 Å². The first-order valence-electron chi connectivity index (χ1n) is 8.25. The summed E-state index contributed by atoms with van der Waals surface area (Å²) in [6.07, 6.45) is 3.68. The first kappa shape index (κ1) is 17.9. The lowest BCUT2D eigenvalue weighted by Crippen LogP contribution is -2.43. The van der Waals surface area contributed by atoms with Gasteiger partial charge in [-0.1, -0.05) is 17.7 Å². The number of carbonyl (C=O) groups excluding carboxylic acids is 1. The van der Waals surface area contributed by atoms with E-state index in [1.165, 1.54) is 5.56 Å². The van der Waals surface area contributed by atoms with Crippen molar-refractivity contribution in [3.63, 3.8) is 0 Å². The molecule has 0 spiro atoms. The average molecular weight is 339 g/mol. The summed E-state index contributed by atoms with van der Waals surface area (Å²) in [7, 11) is 0. The lowest BCUT2D eigenvalue weighted by molar-refractivity contribution is 0.0492. The van der Waals surface area contributed by atoms with E-state index in [0.29, 0.717) is 6.04 Å². The monoisotopic (exact) mass is 338 g/mol. The predicted molar refractivity (Wildman–Crippen MR) is 95.2 cm³/mol. The van der Waals surface area contributed by atoms with E-state index in [0.717, 1.165) is 36.4 Å². The second kappa shape index (κ2) is 7.43. The first-order chi connectivity index (χ1) is 10.7. The highest BCUT2D eigenvalue weighted by molar-refractivity contribution is 6.33. The Kier molecular flexibility index (Phi) is 5.79. The van der Waals surface area contributed by atoms with Crippen molar-refractivity contribution in [1.82, 2.24) is 5.32 Å². The van der Waals surface area contributed by atoms with Crippen LogP contribution in [0.25, 0.3) is 0 Å². The zero-order valence-corrected chi connectivity index (χ0v) is 15.2. The van der Waals surface area contributed by atoms with Gasteiger partial charge in [-0.05, 0) is 71.1 Å². The molecule has 1 aromatic carbocycles. The highest BCUT2D eigenvalue weighted by atomic mass is 35.5. The molecular formula is C18H27ClN2O2. The third-order valence-corrected chi connectivity index (χ3v) is 4.21. The van der Waals surface area contributed by atoms with Gasteiger partial charge in [-0.25, -0.2) is 4.79 Å². The molecule has 2 unspecified atom stereocenters. The number of halogens is 1. The van der Waals surface area contributed by atoms with E-state index in [4.69, 9.17) is 16.3 Å². The predicted octanol–water partition coefficient (Wildman–Crippen LogP) is 4.90. The van der Waals surface area contributed by atoms with Crippen molar-refractivity contribution in [2.75, 3.05) is 5.32 Å². The van der Waals surface area contributed by atoms with Crippen molar-refractivity contribution in [2.45, 2.75) is 71.1 Å². The molecule has 5 heteroatoms. The van der Waals surface area contributed by atoms with Crippen LogP contribution in [-0.2, 0) is 4.74 Å². The molecule has 0 heterocycles. The summed E-state index contributed by atoms with van der Waals surface area (Å²) in [5.74, 6) is 0. The molecule has 1 aliphatic rings. The van der Waals surface area contributed by atoms with Gasteiger partial charge in [0.25, 0.3) is 0 Å². The maximum atomic E-state index is 11.9. The van der Waals surface area contributed by atoms with Crippen LogP contribution in [0.5, 0.6) is 0 Å². The molecule has 128 valence electrons. The minimum atomic E-state index is -0.467. The van der Waals surface area contributed by atoms with Crippen molar-refractivity contribution in [3.8, 4) is 0 Å². The van der Waals surface area contributed by atoms with E-state index in [1.54, 1.807) is 0 Å². The van der Waals surface area contributed by atoms with Gasteiger partial charge in [0.1, 0.15) is 5.60 Å². The van der Waals surface area contributed by atoms with Crippen LogP contribution in [0.4, 0.5) is 10.5 Å². The molecule has 4 nitrogen and oxygen atoms in total. The van der Waals surface area contributed by atoms with E-state index in [-0.39, 0.29) is 12.1 Å². The molecule has 2 atom stereocenters. The minimum Gasteiger partial charge on any atom is -0.444 e. The number of hydrogen-bond donors (Lipinski definition) is 2. The number of ether oxygens (including phenoxy) is 1. The van der Waals surface area contributed by atoms with Gasteiger partial charge in [0, 0.05) is 12.1 Å². The Bertz CT molecular complexity index is 554. The Hall–Kier alpha value is -1.42. The van der Waals surface area contributed by atoms with Crippen molar-refractivity contribution < 1.29 is 9.53 Å². The smallest absolute Gasteiger partial charge is 0.407 e. The van der Waals surface area contributed by atoms with Gasteiger partial charge in [0.05, 0.1) is 10.7 Å². The Morgan fingerprint density at radius 3 is 2.65 bits per heavy atom. The van der Waals surface area contributed by atoms with E-state index < -0.39 is 5.60 Å². The SMILES string of the molecule is Cc1ccc(Cl)c(NC2CCCC(NC(=O)OC(C)(C)C)C2)c1. The summed E-state index contributed by atoms with van der Waals surface area (Å²) in [6.45, 7) is 7.67. The molecule has 0 bridgehead atoms. The lowest BCUT2D eigenvalue weighted by atomic mass is 9.91. The summed E-state index contributed by atoms with van der Waals surface area (Å²) in [5, 5.41) is 7.23. The van der Waals surface area contributed by atoms with Gasteiger partial charge in [-0.15, -0.1) is 0 Å². The van der Waals surface area contributed by atoms with E-state index in [9.17, 15) is 4.79 Å². The Balaban J connectivity index is 1.90. The zero-order valence-electron chi connectivity index (χ0n) is 14.4. The molecule has 0 radical (unpaired) electrons. The lowest BCUT2D eigenvalue weighted by Gasteiger charge is -2.32. The van der Waals surface area contributed by atoms with Crippen molar-refractivity contribution in [2.24, 2.45) is 0 Å². The number of carbonyl (C=O) groups is 1. The van der Waals surface area contributed by atoms with Crippen LogP contribution in [0.2, 0.25) is 5.02 Å². The fourth-order valence-corrected chi connectivity index (χ4v) is 3.07. The van der Waals surface area contributed by atoms with Crippen LogP contribution < -0.4 is 10.6 Å². The van der Waals surface area contributed by atoms with Gasteiger partial charge in [-0.3, -0.25) is 0 Å². The molecule has 1 saturated carbocycles. The van der Waals surface area contributed by atoms with Gasteiger partial charge in [-0.2, -0.15) is 0 Å². The summed E-state index contributed by atoms with van der Waals surface area (Å²) in [4.78, 5) is 11.9. The standard InChI is InChI=1S/C18H27ClN2O2/c1-12-8-9-15(19)16(10-12)20-13-6-5-7-14(11-13)21-17(22)23-18(2,3)4/h8-10,13-14,20H,5-7,11H2,1-4H3,(H,21,22). The van der Waals surface area contributed by atoms with E-state index >= 15 is 0 Å². The molecule has 0 saturated heterocycles. The maximum Gasteiger partial charge on any atom is 0.407 e. The third kappa shape index (κ3) is 5.94. The quantitative estimate of drug-likeness (QED) is 0.824. The highest BCUT2D eigenvalue weighted by Gasteiger charge is 2.25. The van der Waals surface area contributed by atoms with Crippen LogP contribution in [0, 0.1) is 6.92 Å². The zero-order chi connectivity index (χ0) is 17.0. The molecule has 0 aromatic heterocycles. The van der Waals surface area contributed by atoms with Crippen LogP contribution in [0.15, 0.2) is 18.2 Å². The highest BCUT2D eigenvalue weighted by Crippen LogP contribution is 2.28. The van der Waals surface area contributed by atoms with Gasteiger partial charge >= 0.3 is 6.09 Å². The largest absolute Gasteiger partial charge is 0.444 e. The topological polar surface area (TPSA) is 50.4 Å². The summed E-state index contributed by atoms with van der Waals surface area (Å²) in [5.41, 5.74) is 1.68. The molecule has 1 aliphatic carbocycles. The fraction of sp³-hybridized carbons (Fsp3) is 0.611. The van der Waals surface area contributed by atoms with Crippen LogP contribution in [-0.4, -0.2) is 23.8 Å². The third-order valence-electron chi connectivity index (χ3n) is 3.88. The number of hydrogen-bond acceptors (Lipinski definition) is 3. The molecule has 23 heavy (non-hydrogen) atoms. The number of amides is 1. The average Bonchev–Trinajstić information content (AvgIpc) is 2.41. The normalized spacial score (nSPS) is 21.6. The van der Waals surface area contributed by atoms with Gasteiger partial charge in [0.2, 0.25) is 0 Å². The number of rotatable bonds is 3. The number of aryl methyl sites for hydroxylation is 1. The molecule has 0 aliphatic heterocycles. The minimum absolute atomic E-state index is 0.139. The van der Waals surface area contributed by atoms with Gasteiger partial charge in [0.15, 0.2) is 0 Å². The fourth-order valence-electron chi connectivity index (χ4n) is 2.90. The van der Waals surface area contributed by atoms with Gasteiger partial charge < -0.3 is 15.4 Å². The first-order valence-corrected chi connectivity index (χ1v) is 8.63. The molecule has 2 N–H and O–H groups in total. The second-order valence-electron chi connectivity index (χ2n) is 7.33. The Morgan fingerprint density at radius 2 is 1.96 bits per heavy atom. The number of benzene rings is 1. The van der Waals surface area contributed by atoms with Crippen molar-refractivity contribution in [1.29, 1.82) is 0 Å². The Morgan fingerprint density at radius 1 is 1.26 bits per heavy atom. The van der Waals surface area contributed by atoms with E-state index in [2.05, 4.69) is 23.6 Å². The molecular weight excluding hydrogens is 312 g/mol. The van der Waals surface area contributed by atoms with Crippen LogP contribution in [0.3, 0.4) is 0 Å². The summed E-state index contributed by atoms with van der Waals surface area (Å²) < 4.78 is 5.34. The Labute approximate surface area is 143 Å². The van der Waals surface area contributed by atoms with Crippen LogP contribution >= 0.6 is 11.6 Å². The van der Waals surface area contributed by atoms with Crippen LogP contribution in [0.1, 0.15) is 52.0 Å². The number of nitrogens with one attached hydrogen (secondary N) is 2. The molecule has 1 amide bonds. The second-order valence-corrected chi connectivity index (χ2v) is 7.74. The summed E-state index contributed by atoms with van der Waals surface area (Å²) in [6, 6.07) is 6.43. The number of anilines is 1. The van der Waals surface area contributed by atoms with E-state index in [1.807, 2.05) is 32.9 Å². The molecule has 2 rings (SSSR count). The maximum absolute atomic E-state index is 11.9. The molecule has 1 aromatic rings. The molecule has 1 fully saturated rings. The number of alkyl carbamates (subject to hydrolysis) is 1. The summed E-state index contributed by atoms with van der Waals surface area (Å²) >= 11 is 6.26.